The maximum absolute atomic E-state index is 11.5. The van der Waals surface area contributed by atoms with Crippen molar-refractivity contribution < 1.29 is 5.11 Å². The van der Waals surface area contributed by atoms with Crippen LogP contribution in [-0.4, -0.2) is 29.6 Å². The van der Waals surface area contributed by atoms with Crippen LogP contribution in [-0.2, 0) is 5.60 Å². The van der Waals surface area contributed by atoms with Gasteiger partial charge in [-0.2, -0.15) is 0 Å². The molecule has 2 nitrogen and oxygen atoms in total. The van der Waals surface area contributed by atoms with Gasteiger partial charge < -0.3 is 10.0 Å². The number of hydrogen-bond donors (Lipinski definition) is 1. The van der Waals surface area contributed by atoms with Gasteiger partial charge in [0.2, 0.25) is 0 Å². The summed E-state index contributed by atoms with van der Waals surface area (Å²) in [6.07, 6.45) is 6.00. The monoisotopic (exact) mass is 345 g/mol. The normalized spacial score (nSPS) is 16.2. The molecule has 0 unspecified atom stereocenters. The lowest BCUT2D eigenvalue weighted by Crippen LogP contribution is -2.34. The van der Waals surface area contributed by atoms with E-state index in [4.69, 9.17) is 0 Å². The smallest absolute Gasteiger partial charge is 0.116 e. The summed E-state index contributed by atoms with van der Waals surface area (Å²) in [5.41, 5.74) is 1.07. The van der Waals surface area contributed by atoms with E-state index in [1.54, 1.807) is 0 Å². The lowest BCUT2D eigenvalue weighted by Gasteiger charge is -2.32. The Morgan fingerprint density at radius 1 is 0.750 bits per heavy atom. The highest BCUT2D eigenvalue weighted by molar-refractivity contribution is 5.85. The molecule has 2 aromatic carbocycles. The van der Waals surface area contributed by atoms with Crippen LogP contribution in [0, 0.1) is 0 Å². The largest absolute Gasteiger partial charge is 0.380 e. The number of hydrogen-bond acceptors (Lipinski definition) is 2. The zero-order chi connectivity index (χ0) is 16.0. The predicted molar refractivity (Wildman–Crippen MR) is 103 cm³/mol. The Hall–Kier alpha value is -1.35. The number of nitrogens with zero attached hydrogens (tertiary/aromatic N) is 1. The van der Waals surface area contributed by atoms with Gasteiger partial charge in [0, 0.05) is 6.54 Å². The second-order valence-corrected chi connectivity index (χ2v) is 6.60. The van der Waals surface area contributed by atoms with Crippen molar-refractivity contribution in [2.24, 2.45) is 0 Å². The first kappa shape index (κ1) is 19.0. The van der Waals surface area contributed by atoms with E-state index < -0.39 is 5.60 Å². The van der Waals surface area contributed by atoms with Gasteiger partial charge in [0.15, 0.2) is 0 Å². The molecule has 3 heteroatoms. The van der Waals surface area contributed by atoms with E-state index in [2.05, 4.69) is 4.90 Å². The Kier molecular flexibility index (Phi) is 7.29. The van der Waals surface area contributed by atoms with Crippen molar-refractivity contribution in [1.29, 1.82) is 0 Å². The molecule has 1 heterocycles. The first-order valence-corrected chi connectivity index (χ1v) is 8.85. The number of rotatable bonds is 5. The van der Waals surface area contributed by atoms with E-state index in [9.17, 15) is 5.11 Å². The van der Waals surface area contributed by atoms with Crippen LogP contribution in [0.25, 0.3) is 0 Å². The minimum Gasteiger partial charge on any atom is -0.380 e. The Morgan fingerprint density at radius 2 is 1.21 bits per heavy atom. The number of benzene rings is 2. The summed E-state index contributed by atoms with van der Waals surface area (Å²) in [5, 5.41) is 11.5. The quantitative estimate of drug-likeness (QED) is 0.855. The highest BCUT2D eigenvalue weighted by atomic mass is 35.5. The molecule has 1 aliphatic rings. The Balaban J connectivity index is 0.00000208. The molecule has 1 saturated heterocycles. The fourth-order valence-electron chi connectivity index (χ4n) is 3.56. The van der Waals surface area contributed by atoms with Crippen molar-refractivity contribution in [3.63, 3.8) is 0 Å². The molecule has 1 fully saturated rings. The van der Waals surface area contributed by atoms with Gasteiger partial charge in [0.25, 0.3) is 0 Å². The summed E-state index contributed by atoms with van der Waals surface area (Å²) in [7, 11) is 0. The maximum Gasteiger partial charge on any atom is 0.116 e. The van der Waals surface area contributed by atoms with Gasteiger partial charge in [-0.15, -0.1) is 12.4 Å². The molecule has 2 aromatic rings. The molecule has 0 aromatic heterocycles. The highest BCUT2D eigenvalue weighted by Crippen LogP contribution is 2.33. The zero-order valence-electron chi connectivity index (χ0n) is 14.2. The number of aliphatic hydroxyl groups is 1. The van der Waals surface area contributed by atoms with Crippen molar-refractivity contribution in [3.05, 3.63) is 71.8 Å². The van der Waals surface area contributed by atoms with Crippen LogP contribution in [0.2, 0.25) is 0 Å². The summed E-state index contributed by atoms with van der Waals surface area (Å²) in [6, 6.07) is 20.2. The van der Waals surface area contributed by atoms with Crippen molar-refractivity contribution in [1.82, 2.24) is 4.90 Å². The molecule has 0 radical (unpaired) electrons. The summed E-state index contributed by atoms with van der Waals surface area (Å²) in [6.45, 7) is 3.28. The van der Waals surface area contributed by atoms with E-state index in [0.717, 1.165) is 24.1 Å². The minimum atomic E-state index is -0.908. The van der Waals surface area contributed by atoms with Crippen LogP contribution in [0.15, 0.2) is 60.7 Å². The van der Waals surface area contributed by atoms with Crippen molar-refractivity contribution in [3.8, 4) is 0 Å². The first-order valence-electron chi connectivity index (χ1n) is 8.85. The summed E-state index contributed by atoms with van der Waals surface area (Å²) in [5.74, 6) is 0. The Morgan fingerprint density at radius 3 is 1.67 bits per heavy atom. The molecule has 1 N–H and O–H groups in total. The van der Waals surface area contributed by atoms with Crippen LogP contribution < -0.4 is 0 Å². The topological polar surface area (TPSA) is 23.5 Å². The van der Waals surface area contributed by atoms with Crippen molar-refractivity contribution in [2.75, 3.05) is 19.6 Å². The second kappa shape index (κ2) is 9.22. The van der Waals surface area contributed by atoms with Gasteiger partial charge in [-0.05, 0) is 43.5 Å². The number of likely N-dealkylation sites (tertiary alicyclic amines) is 1. The van der Waals surface area contributed by atoms with Crippen LogP contribution in [0.4, 0.5) is 0 Å². The second-order valence-electron chi connectivity index (χ2n) is 6.60. The molecular weight excluding hydrogens is 318 g/mol. The van der Waals surface area contributed by atoms with E-state index in [1.807, 2.05) is 60.7 Å². The van der Waals surface area contributed by atoms with Gasteiger partial charge in [0.05, 0.1) is 0 Å². The zero-order valence-corrected chi connectivity index (χ0v) is 15.0. The molecule has 0 saturated carbocycles. The molecule has 1 aliphatic heterocycles. The molecule has 24 heavy (non-hydrogen) atoms. The maximum atomic E-state index is 11.5. The third kappa shape index (κ3) is 4.60. The third-order valence-electron chi connectivity index (χ3n) is 4.99. The van der Waals surface area contributed by atoms with E-state index in [1.165, 1.54) is 38.8 Å². The average Bonchev–Trinajstić information content (AvgIpc) is 2.90. The summed E-state index contributed by atoms with van der Waals surface area (Å²) >= 11 is 0. The van der Waals surface area contributed by atoms with Gasteiger partial charge in [-0.1, -0.05) is 73.5 Å². The summed E-state index contributed by atoms with van der Waals surface area (Å²) < 4.78 is 0. The van der Waals surface area contributed by atoms with Crippen molar-refractivity contribution >= 4 is 12.4 Å². The molecule has 0 aliphatic carbocycles. The predicted octanol–water partition coefficient (Wildman–Crippen LogP) is 4.61. The van der Waals surface area contributed by atoms with Gasteiger partial charge >= 0.3 is 0 Å². The van der Waals surface area contributed by atoms with Crippen LogP contribution in [0.3, 0.4) is 0 Å². The molecule has 0 atom stereocenters. The van der Waals surface area contributed by atoms with Crippen LogP contribution in [0.1, 0.15) is 43.2 Å². The van der Waals surface area contributed by atoms with Crippen LogP contribution in [0.5, 0.6) is 0 Å². The third-order valence-corrected chi connectivity index (χ3v) is 4.99. The molecule has 130 valence electrons. The SMILES string of the molecule is Cl.OC(CCN1CCCCCC1)(c1ccccc1)c1ccccc1. The number of halogens is 1. The van der Waals surface area contributed by atoms with E-state index >= 15 is 0 Å². The van der Waals surface area contributed by atoms with Gasteiger partial charge in [0.1, 0.15) is 5.60 Å². The molecule has 0 spiro atoms. The lowest BCUT2D eigenvalue weighted by molar-refractivity contribution is 0.0577. The summed E-state index contributed by atoms with van der Waals surface area (Å²) in [4.78, 5) is 2.52. The van der Waals surface area contributed by atoms with Gasteiger partial charge in [-0.25, -0.2) is 0 Å². The Bertz CT molecular complexity index is 540. The lowest BCUT2D eigenvalue weighted by atomic mass is 9.83. The molecular formula is C21H28ClNO. The van der Waals surface area contributed by atoms with E-state index in [-0.39, 0.29) is 12.4 Å². The molecule has 3 rings (SSSR count). The van der Waals surface area contributed by atoms with E-state index in [0.29, 0.717) is 0 Å². The standard InChI is InChI=1S/C21H27NO.ClH/c23-21(19-11-5-3-6-12-19,20-13-7-4-8-14-20)15-18-22-16-9-1-2-10-17-22;/h3-8,11-14,23H,1-2,9-10,15-18H2;1H. The Labute approximate surface area is 151 Å². The molecule has 0 bridgehead atoms. The molecule has 0 amide bonds. The average molecular weight is 346 g/mol. The minimum absolute atomic E-state index is 0. The highest BCUT2D eigenvalue weighted by Gasteiger charge is 2.31. The van der Waals surface area contributed by atoms with Crippen LogP contribution >= 0.6 is 12.4 Å². The fraction of sp³-hybridized carbons (Fsp3) is 0.429. The van der Waals surface area contributed by atoms with Crippen molar-refractivity contribution in [2.45, 2.75) is 37.7 Å². The fourth-order valence-corrected chi connectivity index (χ4v) is 3.56. The van der Waals surface area contributed by atoms with Gasteiger partial charge in [-0.3, -0.25) is 0 Å². The first-order chi connectivity index (χ1) is 11.3.